The van der Waals surface area contributed by atoms with E-state index in [1.54, 1.807) is 7.11 Å². The zero-order valence-electron chi connectivity index (χ0n) is 13.3. The quantitative estimate of drug-likeness (QED) is 0.862. The summed E-state index contributed by atoms with van der Waals surface area (Å²) in [7, 11) is 5.76. The maximum atomic E-state index is 12.2. The fourth-order valence-corrected chi connectivity index (χ4v) is 2.69. The van der Waals surface area contributed by atoms with Crippen LogP contribution < -0.4 is 10.1 Å². The van der Waals surface area contributed by atoms with Crippen molar-refractivity contribution in [2.24, 2.45) is 0 Å². The van der Waals surface area contributed by atoms with Gasteiger partial charge in [0, 0.05) is 6.04 Å². The van der Waals surface area contributed by atoms with Crippen LogP contribution in [-0.2, 0) is 4.79 Å². The van der Waals surface area contributed by atoms with Gasteiger partial charge >= 0.3 is 0 Å². The van der Waals surface area contributed by atoms with Crippen molar-refractivity contribution >= 4 is 5.91 Å². The number of rotatable bonds is 6. The molecule has 5 heteroatoms. The van der Waals surface area contributed by atoms with E-state index in [2.05, 4.69) is 31.2 Å². The Labute approximate surface area is 126 Å². The van der Waals surface area contributed by atoms with Crippen molar-refractivity contribution in [1.29, 1.82) is 0 Å². The Balaban J connectivity index is 2.15. The van der Waals surface area contributed by atoms with Gasteiger partial charge < -0.3 is 14.5 Å². The molecule has 0 aliphatic carbocycles. The summed E-state index contributed by atoms with van der Waals surface area (Å²) in [4.78, 5) is 16.3. The number of hydrogen-bond donors (Lipinski definition) is 1. The molecule has 1 heterocycles. The number of methoxy groups -OCH3 is 1. The predicted octanol–water partition coefficient (Wildman–Crippen LogP) is 1.47. The van der Waals surface area contributed by atoms with Gasteiger partial charge in [0.1, 0.15) is 11.9 Å². The second kappa shape index (κ2) is 6.91. The summed E-state index contributed by atoms with van der Waals surface area (Å²) in [5.41, 5.74) is 1.07. The molecule has 1 aromatic carbocycles. The van der Waals surface area contributed by atoms with E-state index in [1.165, 1.54) is 0 Å². The minimum Gasteiger partial charge on any atom is -0.497 e. The molecule has 0 saturated carbocycles. The molecule has 0 aromatic heterocycles. The van der Waals surface area contributed by atoms with Gasteiger partial charge in [-0.2, -0.15) is 0 Å². The largest absolute Gasteiger partial charge is 0.497 e. The molecular weight excluding hydrogens is 266 g/mol. The molecule has 1 N–H and O–H groups in total. The molecule has 2 atom stereocenters. The normalized spacial score (nSPS) is 20.1. The zero-order chi connectivity index (χ0) is 15.4. The Hall–Kier alpha value is -1.59. The molecule has 1 aliphatic rings. The van der Waals surface area contributed by atoms with E-state index in [4.69, 9.17) is 4.74 Å². The summed E-state index contributed by atoms with van der Waals surface area (Å²) in [5, 5.41) is 3.30. The fraction of sp³-hybridized carbons (Fsp3) is 0.562. The molecule has 0 radical (unpaired) electrons. The summed E-state index contributed by atoms with van der Waals surface area (Å²) in [6.07, 6.45) is 0.894. The Kier molecular flexibility index (Phi) is 5.20. The number of ether oxygens (including phenoxy) is 1. The lowest BCUT2D eigenvalue weighted by atomic mass is 10.1. The van der Waals surface area contributed by atoms with Crippen molar-refractivity contribution in [3.05, 3.63) is 29.8 Å². The molecule has 0 bridgehead atoms. The van der Waals surface area contributed by atoms with Crippen molar-refractivity contribution in [3.63, 3.8) is 0 Å². The third kappa shape index (κ3) is 3.74. The molecule has 1 fully saturated rings. The number of amides is 1. The van der Waals surface area contributed by atoms with Crippen molar-refractivity contribution < 1.29 is 9.53 Å². The van der Waals surface area contributed by atoms with E-state index in [-0.39, 0.29) is 18.1 Å². The molecule has 1 saturated heterocycles. The van der Waals surface area contributed by atoms with E-state index in [9.17, 15) is 4.79 Å². The van der Waals surface area contributed by atoms with Crippen LogP contribution in [0.2, 0.25) is 0 Å². The van der Waals surface area contributed by atoms with Crippen LogP contribution in [0.3, 0.4) is 0 Å². The maximum Gasteiger partial charge on any atom is 0.238 e. The average molecular weight is 291 g/mol. The number of carbonyl (C=O) groups is 1. The minimum absolute atomic E-state index is 0.0650. The van der Waals surface area contributed by atoms with E-state index in [1.807, 2.05) is 29.2 Å². The maximum absolute atomic E-state index is 12.2. The molecule has 1 amide bonds. The molecule has 116 valence electrons. The number of hydrogen-bond acceptors (Lipinski definition) is 4. The van der Waals surface area contributed by atoms with Gasteiger partial charge in [-0.1, -0.05) is 12.1 Å². The Bertz CT molecular complexity index is 490. The Morgan fingerprint density at radius 3 is 2.90 bits per heavy atom. The van der Waals surface area contributed by atoms with Gasteiger partial charge in [0.15, 0.2) is 0 Å². The van der Waals surface area contributed by atoms with Crippen LogP contribution in [0, 0.1) is 0 Å². The van der Waals surface area contributed by atoms with Crippen molar-refractivity contribution in [3.8, 4) is 5.75 Å². The van der Waals surface area contributed by atoms with E-state index >= 15 is 0 Å². The highest BCUT2D eigenvalue weighted by atomic mass is 16.5. The molecule has 1 aliphatic heterocycles. The molecular formula is C16H25N3O2. The summed E-state index contributed by atoms with van der Waals surface area (Å²) >= 11 is 0. The smallest absolute Gasteiger partial charge is 0.238 e. The van der Waals surface area contributed by atoms with Crippen LogP contribution in [0.4, 0.5) is 0 Å². The van der Waals surface area contributed by atoms with Crippen molar-refractivity contribution in [1.82, 2.24) is 15.1 Å². The number of nitrogens with zero attached hydrogens (tertiary/aromatic N) is 2. The lowest BCUT2D eigenvalue weighted by Gasteiger charge is -2.31. The third-order valence-electron chi connectivity index (χ3n) is 3.89. The highest BCUT2D eigenvalue weighted by Gasteiger charge is 2.34. The van der Waals surface area contributed by atoms with Crippen LogP contribution in [0.1, 0.15) is 25.1 Å². The topological polar surface area (TPSA) is 44.8 Å². The van der Waals surface area contributed by atoms with Gasteiger partial charge in [-0.25, -0.2) is 0 Å². The molecule has 2 rings (SSSR count). The molecule has 21 heavy (non-hydrogen) atoms. The van der Waals surface area contributed by atoms with E-state index < -0.39 is 0 Å². The van der Waals surface area contributed by atoms with E-state index in [0.717, 1.165) is 24.3 Å². The summed E-state index contributed by atoms with van der Waals surface area (Å²) in [5.74, 6) is 0.976. The standard InChI is InChI=1S/C16H25N3O2/c1-12(8-9-18(2)3)19-15(20)11-17-16(19)13-6-5-7-14(10-13)21-4/h5-7,10,12,16-17H,8-9,11H2,1-4H3. The SMILES string of the molecule is COc1cccc(C2NCC(=O)N2C(C)CCN(C)C)c1. The highest BCUT2D eigenvalue weighted by molar-refractivity contribution is 5.81. The highest BCUT2D eigenvalue weighted by Crippen LogP contribution is 2.28. The summed E-state index contributed by atoms with van der Waals surface area (Å²) in [6, 6.07) is 8.10. The van der Waals surface area contributed by atoms with Crippen molar-refractivity contribution in [2.45, 2.75) is 25.6 Å². The van der Waals surface area contributed by atoms with Crippen LogP contribution in [0.5, 0.6) is 5.75 Å². The van der Waals surface area contributed by atoms with Gasteiger partial charge in [-0.05, 0) is 51.7 Å². The van der Waals surface area contributed by atoms with E-state index in [0.29, 0.717) is 6.54 Å². The first-order chi connectivity index (χ1) is 10.0. The number of benzene rings is 1. The Morgan fingerprint density at radius 2 is 2.24 bits per heavy atom. The summed E-state index contributed by atoms with van der Waals surface area (Å²) in [6.45, 7) is 3.48. The first-order valence-electron chi connectivity index (χ1n) is 7.36. The van der Waals surface area contributed by atoms with Crippen LogP contribution in [0.25, 0.3) is 0 Å². The Morgan fingerprint density at radius 1 is 1.48 bits per heavy atom. The first kappa shape index (κ1) is 15.8. The first-order valence-corrected chi connectivity index (χ1v) is 7.36. The molecule has 0 spiro atoms. The minimum atomic E-state index is -0.0650. The van der Waals surface area contributed by atoms with Gasteiger partial charge in [0.25, 0.3) is 0 Å². The average Bonchev–Trinajstić information content (AvgIpc) is 2.86. The lowest BCUT2D eigenvalue weighted by Crippen LogP contribution is -2.39. The van der Waals surface area contributed by atoms with Gasteiger partial charge in [-0.3, -0.25) is 10.1 Å². The summed E-state index contributed by atoms with van der Waals surface area (Å²) < 4.78 is 5.28. The monoisotopic (exact) mass is 291 g/mol. The number of carbonyl (C=O) groups excluding carboxylic acids is 1. The fourth-order valence-electron chi connectivity index (χ4n) is 2.69. The van der Waals surface area contributed by atoms with Crippen LogP contribution >= 0.6 is 0 Å². The van der Waals surface area contributed by atoms with Crippen LogP contribution in [0.15, 0.2) is 24.3 Å². The van der Waals surface area contributed by atoms with Crippen molar-refractivity contribution in [2.75, 3.05) is 34.3 Å². The van der Waals surface area contributed by atoms with Gasteiger partial charge in [0.2, 0.25) is 5.91 Å². The number of nitrogens with one attached hydrogen (secondary N) is 1. The lowest BCUT2D eigenvalue weighted by molar-refractivity contribution is -0.130. The van der Waals surface area contributed by atoms with Gasteiger partial charge in [0.05, 0.1) is 13.7 Å². The second-order valence-electron chi connectivity index (χ2n) is 5.80. The second-order valence-corrected chi connectivity index (χ2v) is 5.80. The predicted molar refractivity (Wildman–Crippen MR) is 83.2 cm³/mol. The van der Waals surface area contributed by atoms with Crippen LogP contribution in [-0.4, -0.2) is 56.0 Å². The van der Waals surface area contributed by atoms with Gasteiger partial charge in [-0.15, -0.1) is 0 Å². The third-order valence-corrected chi connectivity index (χ3v) is 3.89. The molecule has 5 nitrogen and oxygen atoms in total. The zero-order valence-corrected chi connectivity index (χ0v) is 13.3. The molecule has 1 aromatic rings. The molecule has 2 unspecified atom stereocenters.